The van der Waals surface area contributed by atoms with Crippen LogP contribution >= 0.6 is 11.6 Å². The molecule has 5 heterocycles. The van der Waals surface area contributed by atoms with Crippen LogP contribution in [0.5, 0.6) is 0 Å². The molecule has 0 radical (unpaired) electrons. The lowest BCUT2D eigenvalue weighted by atomic mass is 9.88. The standard InChI is InChI=1S/C24H26ClFN6O3/c1-11(2)16-18(12(3)5-6-27-16)32-21-14(7-15(26)20(25)30-21)19-17(22(32)34)29-23(35)24(10-33)9-28-13(4)8-31(19)24/h5-7,11,13,28,33H,8-10H2,1-4H3,(H,29,35)/t13-,24+/m1/s1. The number of aliphatic hydroxyl groups is 1. The van der Waals surface area contributed by atoms with Crippen molar-refractivity contribution in [2.24, 2.45) is 0 Å². The van der Waals surface area contributed by atoms with Gasteiger partial charge in [0.15, 0.2) is 22.2 Å². The van der Waals surface area contributed by atoms with Crippen LogP contribution in [0.3, 0.4) is 0 Å². The van der Waals surface area contributed by atoms with Crippen molar-refractivity contribution in [3.8, 4) is 5.69 Å². The SMILES string of the molecule is Cc1ccnc(C(C)C)c1-n1c(=O)c2c(c3cc(F)c(Cl)nc31)N1C[C@@H](C)NC[C@]1(CO)C(=O)N2. The van der Waals surface area contributed by atoms with Crippen LogP contribution in [0.2, 0.25) is 5.15 Å². The maximum Gasteiger partial charge on any atom is 0.282 e. The Bertz CT molecular complexity index is 1440. The highest BCUT2D eigenvalue weighted by Crippen LogP contribution is 2.42. The largest absolute Gasteiger partial charge is 0.393 e. The number of nitrogens with zero attached hydrogens (tertiary/aromatic N) is 4. The van der Waals surface area contributed by atoms with Gasteiger partial charge in [0.1, 0.15) is 5.69 Å². The Morgan fingerprint density at radius 3 is 2.77 bits per heavy atom. The van der Waals surface area contributed by atoms with Crippen molar-refractivity contribution < 1.29 is 14.3 Å². The minimum Gasteiger partial charge on any atom is -0.393 e. The minimum absolute atomic E-state index is 0.00200. The summed E-state index contributed by atoms with van der Waals surface area (Å²) in [6, 6.07) is 2.95. The van der Waals surface area contributed by atoms with Gasteiger partial charge in [0.05, 0.1) is 23.7 Å². The summed E-state index contributed by atoms with van der Waals surface area (Å²) in [6.07, 6.45) is 1.67. The van der Waals surface area contributed by atoms with Crippen LogP contribution in [0.15, 0.2) is 23.1 Å². The first-order valence-electron chi connectivity index (χ1n) is 11.4. The normalized spacial score (nSPS) is 21.8. The van der Waals surface area contributed by atoms with E-state index in [0.717, 1.165) is 5.56 Å². The molecule has 184 valence electrons. The second-order valence-electron chi connectivity index (χ2n) is 9.55. The van der Waals surface area contributed by atoms with Crippen molar-refractivity contribution in [1.29, 1.82) is 0 Å². The third kappa shape index (κ3) is 3.35. The molecule has 1 fully saturated rings. The van der Waals surface area contributed by atoms with Crippen LogP contribution in [-0.4, -0.2) is 56.8 Å². The summed E-state index contributed by atoms with van der Waals surface area (Å²) in [4.78, 5) is 37.9. The monoisotopic (exact) mass is 500 g/mol. The van der Waals surface area contributed by atoms with Gasteiger partial charge in [-0.15, -0.1) is 0 Å². The van der Waals surface area contributed by atoms with Crippen molar-refractivity contribution >= 4 is 39.9 Å². The average Bonchev–Trinajstić information content (AvgIpc) is 2.81. The first-order chi connectivity index (χ1) is 16.6. The van der Waals surface area contributed by atoms with E-state index in [9.17, 15) is 19.1 Å². The van der Waals surface area contributed by atoms with Crippen molar-refractivity contribution in [3.05, 3.63) is 50.9 Å². The number of aromatic nitrogens is 3. The molecule has 1 amide bonds. The fourth-order valence-corrected chi connectivity index (χ4v) is 5.17. The Kier molecular flexibility index (Phi) is 5.58. The number of carbonyl (C=O) groups excluding carboxylic acids is 1. The maximum absolute atomic E-state index is 14.8. The summed E-state index contributed by atoms with van der Waals surface area (Å²) >= 11 is 6.11. The molecule has 11 heteroatoms. The molecule has 2 aliphatic heterocycles. The van der Waals surface area contributed by atoms with Crippen LogP contribution in [0.4, 0.5) is 15.8 Å². The fraction of sp³-hybridized carbons (Fsp3) is 0.417. The summed E-state index contributed by atoms with van der Waals surface area (Å²) in [5, 5.41) is 16.2. The number of fused-ring (bicyclic) bond motifs is 5. The lowest BCUT2D eigenvalue weighted by Crippen LogP contribution is -2.73. The molecule has 0 bridgehead atoms. The second-order valence-corrected chi connectivity index (χ2v) is 9.91. The lowest BCUT2D eigenvalue weighted by molar-refractivity contribution is -0.123. The molecule has 0 aromatic carbocycles. The van der Waals surface area contributed by atoms with E-state index in [1.807, 2.05) is 27.7 Å². The number of aryl methyl sites for hydroxylation is 1. The van der Waals surface area contributed by atoms with Gasteiger partial charge in [0, 0.05) is 30.7 Å². The van der Waals surface area contributed by atoms with Crippen LogP contribution in [0.25, 0.3) is 16.7 Å². The van der Waals surface area contributed by atoms with Gasteiger partial charge in [-0.25, -0.2) is 9.37 Å². The zero-order chi connectivity index (χ0) is 25.2. The molecular formula is C24H26ClFN6O3. The number of carbonyl (C=O) groups is 1. The molecule has 0 aliphatic carbocycles. The molecule has 9 nitrogen and oxygen atoms in total. The van der Waals surface area contributed by atoms with Crippen LogP contribution in [0.1, 0.15) is 37.9 Å². The van der Waals surface area contributed by atoms with E-state index in [-0.39, 0.29) is 35.0 Å². The summed E-state index contributed by atoms with van der Waals surface area (Å²) in [7, 11) is 0. The Hall–Kier alpha value is -3.08. The number of amides is 1. The molecule has 2 atom stereocenters. The minimum atomic E-state index is -1.35. The van der Waals surface area contributed by atoms with Gasteiger partial charge in [-0.1, -0.05) is 25.4 Å². The smallest absolute Gasteiger partial charge is 0.282 e. The summed E-state index contributed by atoms with van der Waals surface area (Å²) < 4.78 is 16.2. The molecule has 3 aromatic heterocycles. The molecule has 3 aromatic rings. The highest BCUT2D eigenvalue weighted by atomic mass is 35.5. The zero-order valence-electron chi connectivity index (χ0n) is 19.8. The maximum atomic E-state index is 14.8. The van der Waals surface area contributed by atoms with Gasteiger partial charge in [0.25, 0.3) is 11.5 Å². The second kappa shape index (κ2) is 8.25. The molecule has 2 aliphatic rings. The lowest BCUT2D eigenvalue weighted by Gasteiger charge is -2.51. The number of piperazine rings is 1. The van der Waals surface area contributed by atoms with E-state index in [1.54, 1.807) is 17.2 Å². The number of hydrogen-bond donors (Lipinski definition) is 3. The number of hydrogen-bond acceptors (Lipinski definition) is 7. The van der Waals surface area contributed by atoms with Crippen molar-refractivity contribution in [3.63, 3.8) is 0 Å². The highest BCUT2D eigenvalue weighted by molar-refractivity contribution is 6.30. The fourth-order valence-electron chi connectivity index (χ4n) is 5.03. The molecule has 3 N–H and O–H groups in total. The van der Waals surface area contributed by atoms with Crippen molar-refractivity contribution in [2.45, 2.75) is 45.2 Å². The number of anilines is 2. The quantitative estimate of drug-likeness (QED) is 0.474. The number of aliphatic hydroxyl groups excluding tert-OH is 1. The third-order valence-electron chi connectivity index (χ3n) is 6.87. The van der Waals surface area contributed by atoms with Crippen molar-refractivity contribution in [1.82, 2.24) is 19.9 Å². The van der Waals surface area contributed by atoms with Gasteiger partial charge in [-0.3, -0.25) is 19.1 Å². The number of nitrogens with one attached hydrogen (secondary N) is 2. The molecule has 0 saturated carbocycles. The molecule has 5 rings (SSSR count). The van der Waals surface area contributed by atoms with E-state index < -0.39 is 29.4 Å². The van der Waals surface area contributed by atoms with Crippen LogP contribution in [-0.2, 0) is 4.79 Å². The first-order valence-corrected chi connectivity index (χ1v) is 11.8. The molecule has 0 unspecified atom stereocenters. The third-order valence-corrected chi connectivity index (χ3v) is 7.13. The van der Waals surface area contributed by atoms with E-state index in [0.29, 0.717) is 29.0 Å². The van der Waals surface area contributed by atoms with E-state index >= 15 is 0 Å². The highest BCUT2D eigenvalue weighted by Gasteiger charge is 2.52. The van der Waals surface area contributed by atoms with Gasteiger partial charge in [-0.05, 0) is 37.5 Å². The Morgan fingerprint density at radius 2 is 2.09 bits per heavy atom. The van der Waals surface area contributed by atoms with Gasteiger partial charge in [0.2, 0.25) is 0 Å². The van der Waals surface area contributed by atoms with E-state index in [2.05, 4.69) is 20.6 Å². The summed E-state index contributed by atoms with van der Waals surface area (Å²) in [5.41, 5.74) is 0.502. The molecule has 0 spiro atoms. The van der Waals surface area contributed by atoms with Crippen LogP contribution < -0.4 is 21.1 Å². The van der Waals surface area contributed by atoms with Gasteiger partial charge in [-0.2, -0.15) is 0 Å². The van der Waals surface area contributed by atoms with Crippen LogP contribution in [0, 0.1) is 12.7 Å². The molecule has 1 saturated heterocycles. The van der Waals surface area contributed by atoms with Gasteiger partial charge < -0.3 is 20.6 Å². The Balaban J connectivity index is 1.96. The van der Waals surface area contributed by atoms with Gasteiger partial charge >= 0.3 is 0 Å². The average molecular weight is 501 g/mol. The zero-order valence-corrected chi connectivity index (χ0v) is 20.6. The molecule has 35 heavy (non-hydrogen) atoms. The number of pyridine rings is 3. The van der Waals surface area contributed by atoms with Crippen molar-refractivity contribution in [2.75, 3.05) is 29.9 Å². The first kappa shape index (κ1) is 23.7. The van der Waals surface area contributed by atoms with E-state index in [1.165, 1.54) is 10.6 Å². The predicted molar refractivity (Wildman–Crippen MR) is 132 cm³/mol. The summed E-state index contributed by atoms with van der Waals surface area (Å²) in [6.45, 7) is 7.66. The predicted octanol–water partition coefficient (Wildman–Crippen LogP) is 2.49. The Morgan fingerprint density at radius 1 is 1.34 bits per heavy atom. The Labute approximate surface area is 205 Å². The number of rotatable bonds is 3. The molecular weight excluding hydrogens is 475 g/mol. The number of halogens is 2. The van der Waals surface area contributed by atoms with E-state index in [4.69, 9.17) is 11.6 Å². The summed E-state index contributed by atoms with van der Waals surface area (Å²) in [5.74, 6) is -1.30. The topological polar surface area (TPSA) is 112 Å².